The topological polar surface area (TPSA) is 21.3 Å². The first-order valence-corrected chi connectivity index (χ1v) is 5.18. The Morgan fingerprint density at radius 1 is 1.55 bits per heavy atom. The first-order valence-electron chi connectivity index (χ1n) is 4.26. The summed E-state index contributed by atoms with van der Waals surface area (Å²) in [4.78, 5) is 0.318. The fourth-order valence-corrected chi connectivity index (χ4v) is 2.52. The Morgan fingerprint density at radius 3 is 2.55 bits per heavy atom. The molecule has 1 N–H and O–H groups in total. The quantitative estimate of drug-likeness (QED) is 0.569. The highest BCUT2D eigenvalue weighted by Crippen LogP contribution is 2.30. The highest BCUT2D eigenvalue weighted by molar-refractivity contribution is 9.09. The normalized spacial score (nSPS) is 30.3. The number of ether oxygens (including phenoxy) is 1. The number of morpholine rings is 1. The summed E-state index contributed by atoms with van der Waals surface area (Å²) in [6.07, 6.45) is 2.12. The first kappa shape index (κ1) is 9.49. The van der Waals surface area contributed by atoms with Crippen LogP contribution in [-0.2, 0) is 4.74 Å². The van der Waals surface area contributed by atoms with Gasteiger partial charge in [0.05, 0.1) is 17.2 Å². The summed E-state index contributed by atoms with van der Waals surface area (Å²) in [6.45, 7) is 6.14. The van der Waals surface area contributed by atoms with Crippen LogP contribution in [-0.4, -0.2) is 23.7 Å². The van der Waals surface area contributed by atoms with Crippen molar-refractivity contribution in [2.24, 2.45) is 0 Å². The van der Waals surface area contributed by atoms with Crippen LogP contribution in [0.15, 0.2) is 0 Å². The van der Waals surface area contributed by atoms with E-state index in [1.54, 1.807) is 0 Å². The second-order valence-corrected chi connectivity index (χ2v) is 3.85. The Balaban J connectivity index is 2.61. The summed E-state index contributed by atoms with van der Waals surface area (Å²) in [5.74, 6) is 0. The number of hydrogen-bond donors (Lipinski definition) is 1. The summed E-state index contributed by atoms with van der Waals surface area (Å²) in [5.41, 5.74) is 0.0260. The maximum atomic E-state index is 5.77. The lowest BCUT2D eigenvalue weighted by molar-refractivity contribution is -0.0780. The van der Waals surface area contributed by atoms with E-state index in [1.165, 1.54) is 0 Å². The molecule has 0 aliphatic carbocycles. The molecule has 0 aromatic carbocycles. The van der Waals surface area contributed by atoms with Gasteiger partial charge in [-0.25, -0.2) is 0 Å². The van der Waals surface area contributed by atoms with Gasteiger partial charge in [0.25, 0.3) is 0 Å². The van der Waals surface area contributed by atoms with E-state index in [-0.39, 0.29) is 5.60 Å². The van der Waals surface area contributed by atoms with Gasteiger partial charge in [0, 0.05) is 6.54 Å². The molecule has 0 aromatic rings. The van der Waals surface area contributed by atoms with E-state index in [0.29, 0.717) is 4.95 Å². The number of alkyl halides is 1. The molecule has 1 unspecified atom stereocenters. The molecule has 1 saturated heterocycles. The van der Waals surface area contributed by atoms with Gasteiger partial charge in [-0.05, 0) is 12.8 Å². The van der Waals surface area contributed by atoms with Crippen molar-refractivity contribution in [1.82, 2.24) is 5.32 Å². The molecule has 1 heterocycles. The van der Waals surface area contributed by atoms with Crippen LogP contribution in [0.25, 0.3) is 0 Å². The van der Waals surface area contributed by atoms with E-state index in [9.17, 15) is 0 Å². The highest BCUT2D eigenvalue weighted by Gasteiger charge is 2.37. The van der Waals surface area contributed by atoms with Gasteiger partial charge < -0.3 is 10.1 Å². The third-order valence-electron chi connectivity index (χ3n) is 2.47. The summed E-state index contributed by atoms with van der Waals surface area (Å²) >= 11 is 3.60. The van der Waals surface area contributed by atoms with Gasteiger partial charge in [0.2, 0.25) is 0 Å². The zero-order valence-electron chi connectivity index (χ0n) is 7.19. The molecule has 0 bridgehead atoms. The fraction of sp³-hybridized carbons (Fsp3) is 1.00. The number of hydrogen-bond acceptors (Lipinski definition) is 2. The summed E-state index contributed by atoms with van der Waals surface area (Å²) in [6, 6.07) is 0. The Morgan fingerprint density at radius 2 is 2.18 bits per heavy atom. The molecule has 0 amide bonds. The Hall–Kier alpha value is 0.400. The molecule has 0 aromatic heterocycles. The molecular weight excluding hydrogens is 206 g/mol. The fourth-order valence-electron chi connectivity index (χ4n) is 1.51. The van der Waals surface area contributed by atoms with Crippen molar-refractivity contribution < 1.29 is 4.74 Å². The summed E-state index contributed by atoms with van der Waals surface area (Å²) < 4.78 is 5.77. The van der Waals surface area contributed by atoms with Crippen LogP contribution in [0.1, 0.15) is 26.7 Å². The second kappa shape index (κ2) is 3.87. The predicted octanol–water partition coefficient (Wildman–Crippen LogP) is 1.89. The first-order chi connectivity index (χ1) is 5.25. The van der Waals surface area contributed by atoms with E-state index in [2.05, 4.69) is 35.1 Å². The Bertz CT molecular complexity index is 125. The standard InChI is InChI=1S/C8H16BrNO/c1-3-8(4-2)7(9)10-5-6-11-8/h7,10H,3-6H2,1-2H3. The zero-order valence-corrected chi connectivity index (χ0v) is 8.78. The van der Waals surface area contributed by atoms with Crippen LogP contribution in [0.3, 0.4) is 0 Å². The minimum Gasteiger partial charge on any atom is -0.371 e. The molecule has 1 rings (SSSR count). The van der Waals surface area contributed by atoms with Crippen LogP contribution in [0.5, 0.6) is 0 Å². The molecule has 3 heteroatoms. The third kappa shape index (κ3) is 1.76. The van der Waals surface area contributed by atoms with E-state index in [0.717, 1.165) is 26.0 Å². The molecule has 1 aliphatic heterocycles. The van der Waals surface area contributed by atoms with E-state index in [4.69, 9.17) is 4.74 Å². The van der Waals surface area contributed by atoms with Crippen LogP contribution < -0.4 is 5.32 Å². The van der Waals surface area contributed by atoms with Crippen LogP contribution in [0.4, 0.5) is 0 Å². The van der Waals surface area contributed by atoms with Crippen molar-refractivity contribution in [2.75, 3.05) is 13.2 Å². The molecule has 11 heavy (non-hydrogen) atoms. The lowest BCUT2D eigenvalue weighted by Crippen LogP contribution is -2.54. The van der Waals surface area contributed by atoms with E-state index < -0.39 is 0 Å². The molecule has 1 fully saturated rings. The van der Waals surface area contributed by atoms with Crippen molar-refractivity contribution in [3.05, 3.63) is 0 Å². The maximum absolute atomic E-state index is 5.77. The molecule has 0 radical (unpaired) electrons. The highest BCUT2D eigenvalue weighted by atomic mass is 79.9. The molecular formula is C8H16BrNO. The van der Waals surface area contributed by atoms with Crippen molar-refractivity contribution in [2.45, 2.75) is 37.2 Å². The van der Waals surface area contributed by atoms with Crippen molar-refractivity contribution >= 4 is 15.9 Å². The molecule has 66 valence electrons. The van der Waals surface area contributed by atoms with Crippen molar-refractivity contribution in [3.8, 4) is 0 Å². The number of halogens is 1. The van der Waals surface area contributed by atoms with Crippen LogP contribution >= 0.6 is 15.9 Å². The molecule has 1 atom stereocenters. The van der Waals surface area contributed by atoms with Gasteiger partial charge in [-0.15, -0.1) is 0 Å². The monoisotopic (exact) mass is 221 g/mol. The Kier molecular flexibility index (Phi) is 3.34. The lowest BCUT2D eigenvalue weighted by Gasteiger charge is -2.40. The smallest absolute Gasteiger partial charge is 0.0929 e. The minimum atomic E-state index is 0.0260. The summed E-state index contributed by atoms with van der Waals surface area (Å²) in [5, 5.41) is 3.37. The van der Waals surface area contributed by atoms with E-state index in [1.807, 2.05) is 0 Å². The number of rotatable bonds is 2. The lowest BCUT2D eigenvalue weighted by atomic mass is 9.96. The van der Waals surface area contributed by atoms with Gasteiger partial charge in [-0.3, -0.25) is 0 Å². The van der Waals surface area contributed by atoms with Gasteiger partial charge in [-0.2, -0.15) is 0 Å². The van der Waals surface area contributed by atoms with Gasteiger partial charge in [-0.1, -0.05) is 29.8 Å². The van der Waals surface area contributed by atoms with Crippen molar-refractivity contribution in [1.29, 1.82) is 0 Å². The number of nitrogens with one attached hydrogen (secondary N) is 1. The largest absolute Gasteiger partial charge is 0.371 e. The van der Waals surface area contributed by atoms with Crippen LogP contribution in [0, 0.1) is 0 Å². The Labute approximate surface area is 76.8 Å². The maximum Gasteiger partial charge on any atom is 0.0929 e. The average molecular weight is 222 g/mol. The van der Waals surface area contributed by atoms with E-state index >= 15 is 0 Å². The molecule has 2 nitrogen and oxygen atoms in total. The van der Waals surface area contributed by atoms with Gasteiger partial charge in [0.1, 0.15) is 0 Å². The SMILES string of the molecule is CCC1(CC)OCCNC1Br. The molecule has 0 spiro atoms. The molecule has 0 saturated carbocycles. The molecule has 1 aliphatic rings. The summed E-state index contributed by atoms with van der Waals surface area (Å²) in [7, 11) is 0. The third-order valence-corrected chi connectivity index (χ3v) is 3.63. The second-order valence-electron chi connectivity index (χ2n) is 2.94. The predicted molar refractivity (Wildman–Crippen MR) is 50.0 cm³/mol. The minimum absolute atomic E-state index is 0.0260. The van der Waals surface area contributed by atoms with Crippen molar-refractivity contribution in [3.63, 3.8) is 0 Å². The van der Waals surface area contributed by atoms with Gasteiger partial charge in [0.15, 0.2) is 0 Å². The van der Waals surface area contributed by atoms with Crippen LogP contribution in [0.2, 0.25) is 0 Å². The average Bonchev–Trinajstić information content (AvgIpc) is 2.06. The zero-order chi connectivity index (χ0) is 8.32. The van der Waals surface area contributed by atoms with Gasteiger partial charge >= 0.3 is 0 Å².